The molecule has 0 aliphatic rings. The summed E-state index contributed by atoms with van der Waals surface area (Å²) in [5, 5.41) is 3.74. The number of hydrogen-bond acceptors (Lipinski definition) is 1. The van der Waals surface area contributed by atoms with E-state index < -0.39 is 0 Å². The van der Waals surface area contributed by atoms with Crippen molar-refractivity contribution >= 4 is 21.7 Å². The fraction of sp³-hybridized carbons (Fsp3) is 0.174. The van der Waals surface area contributed by atoms with Crippen LogP contribution in [0.5, 0.6) is 0 Å². The maximum Gasteiger partial charge on any atom is 0.0709 e. The third-order valence-electron chi connectivity index (χ3n) is 4.44. The minimum Gasteiger partial charge on any atom is -0.248 e. The average Bonchev–Trinajstić information content (AvgIpc) is 2.60. The number of benzene rings is 3. The van der Waals surface area contributed by atoms with Crippen molar-refractivity contribution in [2.24, 2.45) is 5.92 Å². The summed E-state index contributed by atoms with van der Waals surface area (Å²) < 4.78 is 0. The second-order valence-electron chi connectivity index (χ2n) is 6.88. The summed E-state index contributed by atoms with van der Waals surface area (Å²) in [6.07, 6.45) is 1.11. The Morgan fingerprint density at radius 3 is 2.38 bits per heavy atom. The molecule has 0 fully saturated rings. The topological polar surface area (TPSA) is 12.9 Å². The third-order valence-corrected chi connectivity index (χ3v) is 4.44. The van der Waals surface area contributed by atoms with Gasteiger partial charge in [-0.15, -0.1) is 0 Å². The lowest BCUT2D eigenvalue weighted by atomic mass is 10.0. The normalized spacial score (nSPS) is 11.5. The summed E-state index contributed by atoms with van der Waals surface area (Å²) in [5.74, 6) is 0.673. The molecule has 0 bridgehead atoms. The van der Waals surface area contributed by atoms with Crippen LogP contribution in [-0.4, -0.2) is 4.98 Å². The molecule has 0 saturated heterocycles. The summed E-state index contributed by atoms with van der Waals surface area (Å²) in [7, 11) is 0. The van der Waals surface area contributed by atoms with E-state index in [1.165, 1.54) is 27.3 Å². The first-order chi connectivity index (χ1) is 11.7. The van der Waals surface area contributed by atoms with Gasteiger partial charge in [0.25, 0.3) is 0 Å². The number of aromatic nitrogens is 1. The van der Waals surface area contributed by atoms with Gasteiger partial charge in [-0.25, -0.2) is 4.98 Å². The van der Waals surface area contributed by atoms with Gasteiger partial charge in [-0.3, -0.25) is 0 Å². The molecule has 0 radical (unpaired) electrons. The summed E-state index contributed by atoms with van der Waals surface area (Å²) in [6, 6.07) is 25.9. The quantitative estimate of drug-likeness (QED) is 0.435. The van der Waals surface area contributed by atoms with E-state index in [0.717, 1.165) is 17.6 Å². The van der Waals surface area contributed by atoms with Gasteiger partial charge in [0.05, 0.1) is 11.2 Å². The lowest BCUT2D eigenvalue weighted by Crippen LogP contribution is -1.94. The van der Waals surface area contributed by atoms with E-state index in [2.05, 4.69) is 86.6 Å². The second kappa shape index (κ2) is 6.09. The Labute approximate surface area is 143 Å². The summed E-state index contributed by atoms with van der Waals surface area (Å²) in [5.41, 5.74) is 4.65. The van der Waals surface area contributed by atoms with Crippen LogP contribution in [0.3, 0.4) is 0 Å². The van der Waals surface area contributed by atoms with Crippen LogP contribution in [0.4, 0.5) is 0 Å². The van der Waals surface area contributed by atoms with Crippen molar-refractivity contribution in [2.45, 2.75) is 20.3 Å². The van der Waals surface area contributed by atoms with Crippen LogP contribution in [0.15, 0.2) is 72.8 Å². The van der Waals surface area contributed by atoms with Crippen molar-refractivity contribution in [3.63, 3.8) is 0 Å². The Bertz CT molecular complexity index is 1010. The van der Waals surface area contributed by atoms with Crippen molar-refractivity contribution < 1.29 is 0 Å². The van der Waals surface area contributed by atoms with Crippen molar-refractivity contribution in [2.75, 3.05) is 0 Å². The molecule has 0 saturated carbocycles. The Morgan fingerprint density at radius 2 is 1.54 bits per heavy atom. The fourth-order valence-electron chi connectivity index (χ4n) is 3.28. The molecule has 118 valence electrons. The van der Waals surface area contributed by atoms with Crippen molar-refractivity contribution in [3.05, 3.63) is 78.4 Å². The first-order valence-corrected chi connectivity index (χ1v) is 8.58. The molecule has 1 nitrogen and oxygen atoms in total. The van der Waals surface area contributed by atoms with Gasteiger partial charge in [-0.05, 0) is 52.9 Å². The van der Waals surface area contributed by atoms with E-state index in [9.17, 15) is 0 Å². The smallest absolute Gasteiger partial charge is 0.0709 e. The molecule has 0 atom stereocenters. The van der Waals surface area contributed by atoms with Gasteiger partial charge >= 0.3 is 0 Å². The molecule has 0 aliphatic carbocycles. The SMILES string of the molecule is CC(C)Cc1ccc2nc(-c3ccc4ccccc4c3)ccc2c1. The molecule has 1 heterocycles. The Balaban J connectivity index is 1.76. The highest BCUT2D eigenvalue weighted by Crippen LogP contribution is 2.25. The summed E-state index contributed by atoms with van der Waals surface area (Å²) in [6.45, 7) is 4.51. The zero-order chi connectivity index (χ0) is 16.5. The van der Waals surface area contributed by atoms with Crippen LogP contribution >= 0.6 is 0 Å². The van der Waals surface area contributed by atoms with E-state index in [1.54, 1.807) is 0 Å². The highest BCUT2D eigenvalue weighted by Gasteiger charge is 2.05. The minimum absolute atomic E-state index is 0.673. The van der Waals surface area contributed by atoms with Gasteiger partial charge in [-0.1, -0.05) is 62.4 Å². The van der Waals surface area contributed by atoms with Crippen molar-refractivity contribution in [3.8, 4) is 11.3 Å². The maximum atomic E-state index is 4.87. The molecule has 0 spiro atoms. The van der Waals surface area contributed by atoms with E-state index >= 15 is 0 Å². The molecule has 0 N–H and O–H groups in total. The van der Waals surface area contributed by atoms with E-state index in [1.807, 2.05) is 0 Å². The first-order valence-electron chi connectivity index (χ1n) is 8.58. The van der Waals surface area contributed by atoms with Crippen molar-refractivity contribution in [1.82, 2.24) is 4.98 Å². The molecule has 1 aromatic heterocycles. The molecule has 0 amide bonds. The molecule has 24 heavy (non-hydrogen) atoms. The number of hydrogen-bond donors (Lipinski definition) is 0. The van der Waals surface area contributed by atoms with Gasteiger partial charge in [-0.2, -0.15) is 0 Å². The first kappa shape index (κ1) is 14.9. The number of rotatable bonds is 3. The predicted octanol–water partition coefficient (Wildman–Crippen LogP) is 6.25. The van der Waals surface area contributed by atoms with Crippen LogP contribution in [0.25, 0.3) is 32.9 Å². The lowest BCUT2D eigenvalue weighted by molar-refractivity contribution is 0.648. The molecule has 4 aromatic rings. The molecule has 3 aromatic carbocycles. The zero-order valence-corrected chi connectivity index (χ0v) is 14.2. The lowest BCUT2D eigenvalue weighted by Gasteiger charge is -2.08. The standard InChI is InChI=1S/C23H21N/c1-16(2)13-17-7-11-22-20(14-17)10-12-23(24-22)21-9-8-18-5-3-4-6-19(18)15-21/h3-12,14-16H,13H2,1-2H3. The molecule has 1 heteroatoms. The molecular weight excluding hydrogens is 290 g/mol. The van der Waals surface area contributed by atoms with Crippen LogP contribution < -0.4 is 0 Å². The number of fused-ring (bicyclic) bond motifs is 2. The minimum atomic E-state index is 0.673. The average molecular weight is 311 g/mol. The second-order valence-corrected chi connectivity index (χ2v) is 6.88. The van der Waals surface area contributed by atoms with E-state index in [-0.39, 0.29) is 0 Å². The van der Waals surface area contributed by atoms with Crippen molar-refractivity contribution in [1.29, 1.82) is 0 Å². The highest BCUT2D eigenvalue weighted by atomic mass is 14.7. The predicted molar refractivity (Wildman–Crippen MR) is 103 cm³/mol. The number of nitrogens with zero attached hydrogens (tertiary/aromatic N) is 1. The molecule has 0 aliphatic heterocycles. The van der Waals surface area contributed by atoms with Gasteiger partial charge in [0.2, 0.25) is 0 Å². The van der Waals surface area contributed by atoms with E-state index in [0.29, 0.717) is 5.92 Å². The Morgan fingerprint density at radius 1 is 0.750 bits per heavy atom. The van der Waals surface area contributed by atoms with Crippen LogP contribution in [0.2, 0.25) is 0 Å². The fourth-order valence-corrected chi connectivity index (χ4v) is 3.28. The van der Waals surface area contributed by atoms with Crippen LogP contribution in [0, 0.1) is 5.92 Å². The van der Waals surface area contributed by atoms with Gasteiger partial charge in [0.1, 0.15) is 0 Å². The van der Waals surface area contributed by atoms with Crippen LogP contribution in [0.1, 0.15) is 19.4 Å². The molecular formula is C23H21N. The zero-order valence-electron chi connectivity index (χ0n) is 14.2. The summed E-state index contributed by atoms with van der Waals surface area (Å²) >= 11 is 0. The maximum absolute atomic E-state index is 4.87. The molecule has 4 rings (SSSR count). The Kier molecular flexibility index (Phi) is 3.78. The van der Waals surface area contributed by atoms with Crippen LogP contribution in [-0.2, 0) is 6.42 Å². The van der Waals surface area contributed by atoms with E-state index in [4.69, 9.17) is 4.98 Å². The molecule has 0 unspecified atom stereocenters. The Hall–Kier alpha value is -2.67. The highest BCUT2D eigenvalue weighted by molar-refractivity contribution is 5.88. The van der Waals surface area contributed by atoms with Gasteiger partial charge in [0, 0.05) is 10.9 Å². The largest absolute Gasteiger partial charge is 0.248 e. The number of pyridine rings is 1. The third kappa shape index (κ3) is 2.90. The summed E-state index contributed by atoms with van der Waals surface area (Å²) in [4.78, 5) is 4.87. The van der Waals surface area contributed by atoms with Gasteiger partial charge < -0.3 is 0 Å². The monoisotopic (exact) mass is 311 g/mol. The van der Waals surface area contributed by atoms with Gasteiger partial charge in [0.15, 0.2) is 0 Å².